The van der Waals surface area contributed by atoms with Crippen molar-refractivity contribution in [3.8, 4) is 17.3 Å². The monoisotopic (exact) mass is 231 g/mol. The molecule has 1 aromatic carbocycles. The van der Waals surface area contributed by atoms with E-state index in [1.807, 2.05) is 6.07 Å². The summed E-state index contributed by atoms with van der Waals surface area (Å²) in [5.41, 5.74) is -0.0886. The molecule has 0 bridgehead atoms. The lowest BCUT2D eigenvalue weighted by molar-refractivity contribution is 0.588. The third-order valence-electron chi connectivity index (χ3n) is 2.17. The van der Waals surface area contributed by atoms with Crippen LogP contribution in [-0.2, 0) is 0 Å². The Morgan fingerprint density at radius 3 is 2.41 bits per heavy atom. The van der Waals surface area contributed by atoms with Crippen molar-refractivity contribution in [3.63, 3.8) is 0 Å². The van der Waals surface area contributed by atoms with E-state index in [9.17, 15) is 8.78 Å². The lowest BCUT2D eigenvalue weighted by atomic mass is 10.1. The minimum absolute atomic E-state index is 0.0738. The molecular formula is C12H7F2N3. The van der Waals surface area contributed by atoms with Crippen LogP contribution >= 0.6 is 0 Å². The summed E-state index contributed by atoms with van der Waals surface area (Å²) in [4.78, 5) is 7.75. The summed E-state index contributed by atoms with van der Waals surface area (Å²) in [6.07, 6.45) is 0. The van der Waals surface area contributed by atoms with Crippen LogP contribution in [0, 0.1) is 29.9 Å². The first-order valence-electron chi connectivity index (χ1n) is 4.82. The van der Waals surface area contributed by atoms with Crippen LogP contribution in [-0.4, -0.2) is 9.97 Å². The summed E-state index contributed by atoms with van der Waals surface area (Å²) in [5, 5.41) is 8.74. The Labute approximate surface area is 96.4 Å². The van der Waals surface area contributed by atoms with E-state index in [-0.39, 0.29) is 17.0 Å². The van der Waals surface area contributed by atoms with Gasteiger partial charge >= 0.3 is 0 Å². The van der Waals surface area contributed by atoms with Crippen molar-refractivity contribution in [2.75, 3.05) is 0 Å². The first kappa shape index (κ1) is 11.1. The smallest absolute Gasteiger partial charge is 0.144 e. The zero-order valence-electron chi connectivity index (χ0n) is 8.91. The molecule has 0 N–H and O–H groups in total. The van der Waals surface area contributed by atoms with E-state index in [4.69, 9.17) is 5.26 Å². The maximum absolute atomic E-state index is 13.5. The standard InChI is InChI=1S/C12H7F2N3/c1-7-16-8(6-15)5-11(17-7)12-9(13)3-2-4-10(12)14/h2-5H,1H3. The van der Waals surface area contributed by atoms with Crippen LogP contribution in [0.15, 0.2) is 24.3 Å². The highest BCUT2D eigenvalue weighted by molar-refractivity contribution is 5.61. The third kappa shape index (κ3) is 2.11. The van der Waals surface area contributed by atoms with Gasteiger partial charge in [-0.2, -0.15) is 5.26 Å². The molecule has 0 spiro atoms. The summed E-state index contributed by atoms with van der Waals surface area (Å²) in [6, 6.07) is 6.63. The first-order valence-corrected chi connectivity index (χ1v) is 4.82. The van der Waals surface area contributed by atoms with Crippen molar-refractivity contribution in [1.82, 2.24) is 9.97 Å². The van der Waals surface area contributed by atoms with Gasteiger partial charge in [-0.25, -0.2) is 18.7 Å². The van der Waals surface area contributed by atoms with Gasteiger partial charge < -0.3 is 0 Å². The largest absolute Gasteiger partial charge is 0.233 e. The number of aryl methyl sites for hydroxylation is 1. The molecular weight excluding hydrogens is 224 g/mol. The molecule has 0 aliphatic rings. The second-order valence-corrected chi connectivity index (χ2v) is 3.39. The minimum atomic E-state index is -0.716. The van der Waals surface area contributed by atoms with Crippen LogP contribution < -0.4 is 0 Å². The molecule has 0 aliphatic carbocycles. The second kappa shape index (κ2) is 4.26. The van der Waals surface area contributed by atoms with E-state index in [1.54, 1.807) is 6.92 Å². The van der Waals surface area contributed by atoms with Crippen LogP contribution in [0.4, 0.5) is 8.78 Å². The Morgan fingerprint density at radius 1 is 1.18 bits per heavy atom. The minimum Gasteiger partial charge on any atom is -0.233 e. The number of benzene rings is 1. The molecule has 0 fully saturated rings. The Morgan fingerprint density at radius 2 is 1.82 bits per heavy atom. The highest BCUT2D eigenvalue weighted by Crippen LogP contribution is 2.24. The molecule has 84 valence electrons. The number of nitriles is 1. The van der Waals surface area contributed by atoms with Gasteiger partial charge in [0.1, 0.15) is 29.2 Å². The summed E-state index contributed by atoms with van der Waals surface area (Å²) in [6.45, 7) is 1.56. The summed E-state index contributed by atoms with van der Waals surface area (Å²) in [5.74, 6) is -1.14. The van der Waals surface area contributed by atoms with Crippen LogP contribution in [0.1, 0.15) is 11.5 Å². The third-order valence-corrected chi connectivity index (χ3v) is 2.17. The lowest BCUT2D eigenvalue weighted by Crippen LogP contribution is -1.98. The van der Waals surface area contributed by atoms with Crippen molar-refractivity contribution in [2.24, 2.45) is 0 Å². The van der Waals surface area contributed by atoms with Crippen molar-refractivity contribution in [1.29, 1.82) is 5.26 Å². The number of aromatic nitrogens is 2. The van der Waals surface area contributed by atoms with Crippen molar-refractivity contribution < 1.29 is 8.78 Å². The number of halogens is 2. The molecule has 3 nitrogen and oxygen atoms in total. The zero-order chi connectivity index (χ0) is 12.4. The molecule has 0 unspecified atom stereocenters. The van der Waals surface area contributed by atoms with E-state index in [0.717, 1.165) is 12.1 Å². The highest BCUT2D eigenvalue weighted by Gasteiger charge is 2.13. The Balaban J connectivity index is 2.69. The maximum Gasteiger partial charge on any atom is 0.144 e. The molecule has 0 aliphatic heterocycles. The van der Waals surface area contributed by atoms with E-state index in [2.05, 4.69) is 9.97 Å². The van der Waals surface area contributed by atoms with Gasteiger partial charge in [0.2, 0.25) is 0 Å². The van der Waals surface area contributed by atoms with Gasteiger partial charge in [-0.15, -0.1) is 0 Å². The van der Waals surface area contributed by atoms with Crippen LogP contribution in [0.25, 0.3) is 11.3 Å². The Kier molecular flexibility index (Phi) is 2.79. The van der Waals surface area contributed by atoms with Gasteiger partial charge in [0.05, 0.1) is 11.3 Å². The molecule has 1 heterocycles. The van der Waals surface area contributed by atoms with Crippen molar-refractivity contribution >= 4 is 0 Å². The quantitative estimate of drug-likeness (QED) is 0.757. The predicted octanol–water partition coefficient (Wildman–Crippen LogP) is 2.60. The number of rotatable bonds is 1. The molecule has 1 aromatic heterocycles. The predicted molar refractivity (Wildman–Crippen MR) is 56.8 cm³/mol. The molecule has 5 heteroatoms. The van der Waals surface area contributed by atoms with Gasteiger partial charge in [0.25, 0.3) is 0 Å². The number of hydrogen-bond acceptors (Lipinski definition) is 3. The fraction of sp³-hybridized carbons (Fsp3) is 0.0833. The normalized spacial score (nSPS) is 10.0. The van der Waals surface area contributed by atoms with Crippen molar-refractivity contribution in [3.05, 3.63) is 47.4 Å². The highest BCUT2D eigenvalue weighted by atomic mass is 19.1. The molecule has 0 saturated carbocycles. The molecule has 2 rings (SSSR count). The lowest BCUT2D eigenvalue weighted by Gasteiger charge is -2.05. The van der Waals surface area contributed by atoms with Gasteiger partial charge in [0, 0.05) is 6.07 Å². The average molecular weight is 231 g/mol. The molecule has 0 amide bonds. The van der Waals surface area contributed by atoms with E-state index in [1.165, 1.54) is 12.1 Å². The summed E-state index contributed by atoms with van der Waals surface area (Å²) < 4.78 is 27.0. The van der Waals surface area contributed by atoms with Gasteiger partial charge in [-0.3, -0.25) is 0 Å². The van der Waals surface area contributed by atoms with Crippen LogP contribution in [0.5, 0.6) is 0 Å². The van der Waals surface area contributed by atoms with E-state index >= 15 is 0 Å². The topological polar surface area (TPSA) is 49.6 Å². The summed E-state index contributed by atoms with van der Waals surface area (Å²) >= 11 is 0. The Bertz CT molecular complexity index is 597. The molecule has 17 heavy (non-hydrogen) atoms. The van der Waals surface area contributed by atoms with E-state index in [0.29, 0.717) is 5.82 Å². The average Bonchev–Trinajstić information content (AvgIpc) is 2.28. The molecule has 0 atom stereocenters. The second-order valence-electron chi connectivity index (χ2n) is 3.39. The molecule has 0 saturated heterocycles. The number of nitrogens with zero attached hydrogens (tertiary/aromatic N) is 3. The van der Waals surface area contributed by atoms with Gasteiger partial charge in [-0.1, -0.05) is 6.07 Å². The van der Waals surface area contributed by atoms with Crippen LogP contribution in [0.2, 0.25) is 0 Å². The fourth-order valence-corrected chi connectivity index (χ4v) is 1.50. The van der Waals surface area contributed by atoms with Crippen LogP contribution in [0.3, 0.4) is 0 Å². The molecule has 0 radical (unpaired) electrons. The zero-order valence-corrected chi connectivity index (χ0v) is 8.91. The first-order chi connectivity index (χ1) is 8.11. The van der Waals surface area contributed by atoms with Crippen molar-refractivity contribution in [2.45, 2.75) is 6.92 Å². The Hall–Kier alpha value is -2.35. The number of hydrogen-bond donors (Lipinski definition) is 0. The molecule has 2 aromatic rings. The summed E-state index contributed by atoms with van der Waals surface area (Å²) in [7, 11) is 0. The SMILES string of the molecule is Cc1nc(C#N)cc(-c2c(F)cccc2F)n1. The van der Waals surface area contributed by atoms with Gasteiger partial charge in [0.15, 0.2) is 0 Å². The van der Waals surface area contributed by atoms with Gasteiger partial charge in [-0.05, 0) is 19.1 Å². The maximum atomic E-state index is 13.5. The fourth-order valence-electron chi connectivity index (χ4n) is 1.50. The van der Waals surface area contributed by atoms with E-state index < -0.39 is 11.6 Å².